The van der Waals surface area contributed by atoms with Gasteiger partial charge in [-0.2, -0.15) is 0 Å². The van der Waals surface area contributed by atoms with Gasteiger partial charge >= 0.3 is 67.4 Å². The first kappa shape index (κ1) is 21.2. The summed E-state index contributed by atoms with van der Waals surface area (Å²) in [6, 6.07) is 0. The zero-order valence-electron chi connectivity index (χ0n) is 6.94. The minimum atomic E-state index is -5.36. The summed E-state index contributed by atoms with van der Waals surface area (Å²) in [5.41, 5.74) is 0. The first-order chi connectivity index (χ1) is 5.10. The van der Waals surface area contributed by atoms with E-state index in [1.54, 1.807) is 0 Å². The van der Waals surface area contributed by atoms with Crippen LogP contribution >= 0.6 is 8.25 Å². The largest absolute Gasteiger partial charge is 1.00 e. The fourth-order valence-electron chi connectivity index (χ4n) is 0.161. The van der Waals surface area contributed by atoms with Gasteiger partial charge in [-0.1, -0.05) is 0 Å². The van der Waals surface area contributed by atoms with E-state index in [4.69, 9.17) is 0 Å². The van der Waals surface area contributed by atoms with E-state index in [1.807, 2.05) is 0 Å². The van der Waals surface area contributed by atoms with Crippen molar-refractivity contribution in [2.45, 2.75) is 0 Å². The maximum absolute atomic E-state index is 10.0. The molecule has 72 valence electrons. The molecule has 0 fully saturated rings. The van der Waals surface area contributed by atoms with E-state index in [0.29, 0.717) is 0 Å². The van der Waals surface area contributed by atoms with Crippen molar-refractivity contribution in [2.24, 2.45) is 0 Å². The van der Waals surface area contributed by atoms with Gasteiger partial charge in [-0.05, 0) is 0 Å². The van der Waals surface area contributed by atoms with E-state index in [1.165, 1.54) is 0 Å². The van der Waals surface area contributed by atoms with Crippen molar-refractivity contribution in [3.05, 3.63) is 0 Å². The molecule has 0 bridgehead atoms. The van der Waals surface area contributed by atoms with Gasteiger partial charge in [-0.25, -0.2) is 16.8 Å². The third-order valence-corrected chi connectivity index (χ3v) is 2.74. The zero-order chi connectivity index (χ0) is 9.99. The van der Waals surface area contributed by atoms with Gasteiger partial charge in [0.1, 0.15) is 0 Å². The zero-order valence-corrected chi connectivity index (χ0v) is 13.5. The summed E-state index contributed by atoms with van der Waals surface area (Å²) in [6.45, 7) is 0. The summed E-state index contributed by atoms with van der Waals surface area (Å²) >= 11 is 0. The monoisotopic (exact) mass is 285 g/mol. The molecule has 0 N–H and O–H groups in total. The molecular weight excluding hydrogens is 285 g/mol. The van der Waals surface area contributed by atoms with E-state index in [-0.39, 0.29) is 59.1 Å². The second-order valence-corrected chi connectivity index (χ2v) is 4.46. The summed E-state index contributed by atoms with van der Waals surface area (Å²) < 4.78 is 73.4. The molecule has 0 aliphatic carbocycles. The molecule has 0 aromatic heterocycles. The molecule has 0 aliphatic rings. The molecule has 0 rings (SSSR count). The third kappa shape index (κ3) is 16.3. The van der Waals surface area contributed by atoms with E-state index in [9.17, 15) is 30.5 Å². The van der Waals surface area contributed by atoms with Gasteiger partial charge in [0, 0.05) is 12.5 Å². The van der Waals surface area contributed by atoms with E-state index in [0.717, 1.165) is 0 Å². The molecule has 0 heterocycles. The van der Waals surface area contributed by atoms with E-state index in [2.05, 4.69) is 7.94 Å². The molecule has 0 aromatic rings. The Bertz CT molecular complexity index is 328. The molecule has 0 amide bonds. The molecule has 14 heavy (non-hydrogen) atoms. The smallest absolute Gasteiger partial charge is 0.722 e. The van der Waals surface area contributed by atoms with Gasteiger partial charge in [-0.15, -0.1) is 0 Å². The Morgan fingerprint density at radius 3 is 1.21 bits per heavy atom. The summed E-state index contributed by atoms with van der Waals surface area (Å²) in [5.74, 6) is 0. The maximum Gasteiger partial charge on any atom is 1.00 e. The maximum atomic E-state index is 10.0. The van der Waals surface area contributed by atoms with Crippen molar-refractivity contribution in [3.63, 3.8) is 0 Å². The Kier molecular flexibility index (Phi) is 12.1. The SMILES string of the molecule is O=[P+](OS(=O)(=O)[O-])OS(=O)(=O)[O-].[Na+].[Na+]. The van der Waals surface area contributed by atoms with Crippen molar-refractivity contribution >= 4 is 29.1 Å². The molecule has 0 aromatic carbocycles. The average Bonchev–Trinajstić information content (AvgIpc) is 1.49. The first-order valence-corrected chi connectivity index (χ1v) is 5.64. The Morgan fingerprint density at radius 1 is 0.857 bits per heavy atom. The Hall–Kier alpha value is 1.84. The van der Waals surface area contributed by atoms with Gasteiger partial charge in [0.2, 0.25) is 0 Å². The Labute approximate surface area is 125 Å². The fraction of sp³-hybridized carbons (Fsp3) is 0. The van der Waals surface area contributed by atoms with Crippen molar-refractivity contribution in [2.75, 3.05) is 0 Å². The van der Waals surface area contributed by atoms with Crippen molar-refractivity contribution < 1.29 is 97.6 Å². The van der Waals surface area contributed by atoms with Gasteiger partial charge in [0.15, 0.2) is 0 Å². The molecule has 0 aliphatic heterocycles. The van der Waals surface area contributed by atoms with Crippen molar-refractivity contribution in [3.8, 4) is 0 Å². The standard InChI is InChI=1S/2Na.HO9PS2/c;;1-10(8-11(2,3)4)9-12(5,6)7/h;;(H-,2,3,4,5,6,7)/q2*+1;/p-1. The average molecular weight is 285 g/mol. The summed E-state index contributed by atoms with van der Waals surface area (Å²) in [5, 5.41) is 0. The number of hydrogen-bond acceptors (Lipinski definition) is 9. The van der Waals surface area contributed by atoms with Gasteiger partial charge < -0.3 is 9.11 Å². The van der Waals surface area contributed by atoms with Crippen LogP contribution in [-0.2, 0) is 33.3 Å². The van der Waals surface area contributed by atoms with Crippen LogP contribution in [-0.4, -0.2) is 25.9 Å². The fourth-order valence-corrected chi connectivity index (χ4v) is 1.68. The molecular formula is Na2O9PS2+. The van der Waals surface area contributed by atoms with Crippen LogP contribution in [0.5, 0.6) is 0 Å². The van der Waals surface area contributed by atoms with Crippen LogP contribution in [0, 0.1) is 0 Å². The van der Waals surface area contributed by atoms with E-state index < -0.39 is 29.1 Å². The quantitative estimate of drug-likeness (QED) is 0.212. The van der Waals surface area contributed by atoms with Crippen LogP contribution in [0.4, 0.5) is 0 Å². The van der Waals surface area contributed by atoms with E-state index >= 15 is 0 Å². The van der Waals surface area contributed by atoms with Gasteiger partial charge in [0.25, 0.3) is 20.8 Å². The topological polar surface area (TPSA) is 150 Å². The number of rotatable bonds is 4. The second kappa shape index (κ2) is 8.01. The summed E-state index contributed by atoms with van der Waals surface area (Å²) in [6.07, 6.45) is 0. The molecule has 0 saturated carbocycles. The molecule has 0 unspecified atom stereocenters. The second-order valence-electron chi connectivity index (χ2n) is 1.19. The Balaban J connectivity index is -0.000000605. The van der Waals surface area contributed by atoms with Crippen LogP contribution in [0.15, 0.2) is 0 Å². The summed E-state index contributed by atoms with van der Waals surface area (Å²) in [7, 11) is -14.5. The minimum absolute atomic E-state index is 0. The molecule has 0 radical (unpaired) electrons. The van der Waals surface area contributed by atoms with Crippen molar-refractivity contribution in [1.82, 2.24) is 0 Å². The van der Waals surface area contributed by atoms with Crippen LogP contribution in [0.1, 0.15) is 0 Å². The molecule has 9 nitrogen and oxygen atoms in total. The predicted molar refractivity (Wildman–Crippen MR) is 29.2 cm³/mol. The molecule has 0 saturated heterocycles. The summed E-state index contributed by atoms with van der Waals surface area (Å²) in [4.78, 5) is 0. The molecule has 0 atom stereocenters. The molecule has 14 heteroatoms. The van der Waals surface area contributed by atoms with Crippen LogP contribution in [0.3, 0.4) is 0 Å². The molecule has 0 spiro atoms. The first-order valence-electron chi connectivity index (χ1n) is 1.88. The van der Waals surface area contributed by atoms with Gasteiger partial charge in [0.05, 0.1) is 0 Å². The number of hydrogen-bond donors (Lipinski definition) is 0. The van der Waals surface area contributed by atoms with Crippen LogP contribution in [0.25, 0.3) is 0 Å². The van der Waals surface area contributed by atoms with Crippen molar-refractivity contribution in [1.29, 1.82) is 0 Å². The van der Waals surface area contributed by atoms with Crippen LogP contribution < -0.4 is 59.1 Å². The third-order valence-electron chi connectivity index (χ3n) is 0.304. The van der Waals surface area contributed by atoms with Crippen LogP contribution in [0.2, 0.25) is 0 Å². The Morgan fingerprint density at radius 2 is 1.07 bits per heavy atom. The normalized spacial score (nSPS) is 11.0. The predicted octanol–water partition coefficient (Wildman–Crippen LogP) is -7.39. The minimum Gasteiger partial charge on any atom is -0.722 e. The van der Waals surface area contributed by atoms with Gasteiger partial charge in [-0.3, -0.25) is 0 Å².